The molecule has 0 radical (unpaired) electrons. The van der Waals surface area contributed by atoms with Gasteiger partial charge < -0.3 is 0 Å². The summed E-state index contributed by atoms with van der Waals surface area (Å²) in [5.74, 6) is -0.336. The molecule has 2 aliphatic heterocycles. The van der Waals surface area contributed by atoms with E-state index in [1.807, 2.05) is 6.26 Å². The van der Waals surface area contributed by atoms with Crippen LogP contribution in [0.4, 0.5) is 5.82 Å². The average Bonchev–Trinajstić information content (AvgIpc) is 3.20. The van der Waals surface area contributed by atoms with E-state index >= 15 is 0 Å². The molecular weight excluding hydrogens is 340 g/mol. The summed E-state index contributed by atoms with van der Waals surface area (Å²) < 4.78 is 0. The summed E-state index contributed by atoms with van der Waals surface area (Å²) in [4.78, 5) is 50.1. The van der Waals surface area contributed by atoms with Crippen molar-refractivity contribution >= 4 is 35.3 Å². The largest absolute Gasteiger partial charge is 0.292 e. The van der Waals surface area contributed by atoms with Gasteiger partial charge in [-0.05, 0) is 19.1 Å². The van der Waals surface area contributed by atoms with Crippen molar-refractivity contribution in [2.75, 3.05) is 18.2 Å². The predicted octanol–water partition coefficient (Wildman–Crippen LogP) is 1.41. The number of aromatic nitrogens is 2. The Bertz CT molecular complexity index is 777. The third kappa shape index (κ3) is 2.30. The lowest BCUT2D eigenvalue weighted by molar-refractivity contribution is -0.144. The predicted molar refractivity (Wildman–Crippen MR) is 92.1 cm³/mol. The minimum atomic E-state index is -1.31. The standard InChI is InChI=1S/C17H20N4O3S/c1-20-12(22)8-17(14(20)23)7-10-9-18-16(25-2)19-13(10)21(15(17)24)11-5-3-4-6-11/h9,11H,3-8H2,1-2H3. The van der Waals surface area contributed by atoms with Gasteiger partial charge >= 0.3 is 0 Å². The zero-order valence-corrected chi connectivity index (χ0v) is 15.1. The van der Waals surface area contributed by atoms with E-state index in [1.54, 1.807) is 11.1 Å². The van der Waals surface area contributed by atoms with Gasteiger partial charge in [0.1, 0.15) is 11.2 Å². The van der Waals surface area contributed by atoms with Gasteiger partial charge in [-0.25, -0.2) is 9.97 Å². The number of amides is 3. The fourth-order valence-corrected chi connectivity index (χ4v) is 4.57. The van der Waals surface area contributed by atoms with Crippen LogP contribution in [-0.4, -0.2) is 51.9 Å². The first-order valence-electron chi connectivity index (χ1n) is 8.52. The molecule has 0 N–H and O–H groups in total. The number of hydrogen-bond acceptors (Lipinski definition) is 6. The minimum Gasteiger partial charge on any atom is -0.292 e. The second-order valence-electron chi connectivity index (χ2n) is 7.01. The van der Waals surface area contributed by atoms with Crippen molar-refractivity contribution in [2.45, 2.75) is 49.7 Å². The summed E-state index contributed by atoms with van der Waals surface area (Å²) in [5.41, 5.74) is -0.535. The van der Waals surface area contributed by atoms with Gasteiger partial charge in [-0.1, -0.05) is 24.6 Å². The Morgan fingerprint density at radius 2 is 1.88 bits per heavy atom. The number of imide groups is 1. The van der Waals surface area contributed by atoms with Crippen LogP contribution in [0.3, 0.4) is 0 Å². The molecule has 132 valence electrons. The molecule has 1 saturated heterocycles. The highest BCUT2D eigenvalue weighted by atomic mass is 32.2. The number of likely N-dealkylation sites (tertiary alicyclic amines) is 1. The maximum Gasteiger partial charge on any atom is 0.245 e. The second kappa shape index (κ2) is 5.79. The number of nitrogens with zero attached hydrogens (tertiary/aromatic N) is 4. The molecule has 1 atom stereocenters. The Morgan fingerprint density at radius 3 is 2.48 bits per heavy atom. The van der Waals surface area contributed by atoms with Crippen molar-refractivity contribution in [3.05, 3.63) is 11.8 Å². The highest BCUT2D eigenvalue weighted by molar-refractivity contribution is 7.98. The summed E-state index contributed by atoms with van der Waals surface area (Å²) in [6.07, 6.45) is 7.66. The van der Waals surface area contributed by atoms with E-state index in [9.17, 15) is 14.4 Å². The first kappa shape index (κ1) is 16.5. The van der Waals surface area contributed by atoms with Crippen LogP contribution in [0.15, 0.2) is 11.4 Å². The summed E-state index contributed by atoms with van der Waals surface area (Å²) in [6, 6.07) is 0.0434. The van der Waals surface area contributed by atoms with Crippen LogP contribution in [0.25, 0.3) is 0 Å². The van der Waals surface area contributed by atoms with Crippen LogP contribution >= 0.6 is 11.8 Å². The monoisotopic (exact) mass is 360 g/mol. The van der Waals surface area contributed by atoms with Gasteiger partial charge in [0.25, 0.3) is 0 Å². The second-order valence-corrected chi connectivity index (χ2v) is 7.79. The van der Waals surface area contributed by atoms with E-state index in [1.165, 1.54) is 18.8 Å². The molecule has 25 heavy (non-hydrogen) atoms. The summed E-state index contributed by atoms with van der Waals surface area (Å²) in [6.45, 7) is 0. The van der Waals surface area contributed by atoms with Crippen LogP contribution < -0.4 is 4.90 Å². The van der Waals surface area contributed by atoms with E-state index in [-0.39, 0.29) is 30.7 Å². The fourth-order valence-electron chi connectivity index (χ4n) is 4.23. The van der Waals surface area contributed by atoms with Gasteiger partial charge in [0, 0.05) is 31.3 Å². The quantitative estimate of drug-likeness (QED) is 0.343. The molecule has 1 spiro atoms. The molecule has 2 fully saturated rings. The lowest BCUT2D eigenvalue weighted by atomic mass is 9.76. The molecule has 0 aromatic carbocycles. The van der Waals surface area contributed by atoms with Crippen molar-refractivity contribution in [2.24, 2.45) is 5.41 Å². The van der Waals surface area contributed by atoms with E-state index in [0.717, 1.165) is 36.1 Å². The smallest absolute Gasteiger partial charge is 0.245 e. The summed E-state index contributed by atoms with van der Waals surface area (Å²) in [5, 5.41) is 0.608. The molecule has 1 aromatic heterocycles. The fraction of sp³-hybridized carbons (Fsp3) is 0.588. The highest BCUT2D eigenvalue weighted by Gasteiger charge is 2.60. The summed E-state index contributed by atoms with van der Waals surface area (Å²) in [7, 11) is 1.45. The summed E-state index contributed by atoms with van der Waals surface area (Å²) >= 11 is 1.42. The Kier molecular flexibility index (Phi) is 3.82. The topological polar surface area (TPSA) is 83.5 Å². The number of hydrogen-bond donors (Lipinski definition) is 0. The molecule has 1 unspecified atom stereocenters. The Morgan fingerprint density at radius 1 is 1.16 bits per heavy atom. The van der Waals surface area contributed by atoms with E-state index in [2.05, 4.69) is 9.97 Å². The Labute approximate surface area is 150 Å². The third-order valence-electron chi connectivity index (χ3n) is 5.58. The number of carbonyl (C=O) groups is 3. The first-order valence-corrected chi connectivity index (χ1v) is 9.75. The van der Waals surface area contributed by atoms with E-state index in [4.69, 9.17) is 0 Å². The number of thioether (sulfide) groups is 1. The van der Waals surface area contributed by atoms with Crippen LogP contribution in [0, 0.1) is 5.41 Å². The first-order chi connectivity index (χ1) is 12.0. The zero-order valence-electron chi connectivity index (χ0n) is 14.3. The van der Waals surface area contributed by atoms with Crippen molar-refractivity contribution < 1.29 is 14.4 Å². The van der Waals surface area contributed by atoms with Gasteiger partial charge in [-0.2, -0.15) is 0 Å². The van der Waals surface area contributed by atoms with Gasteiger partial charge in [0.05, 0.1) is 6.42 Å². The molecule has 7 nitrogen and oxygen atoms in total. The molecule has 3 heterocycles. The Hall–Kier alpha value is -1.96. The van der Waals surface area contributed by atoms with Crippen molar-refractivity contribution in [1.29, 1.82) is 0 Å². The lowest BCUT2D eigenvalue weighted by Crippen LogP contribution is -2.56. The number of rotatable bonds is 2. The van der Waals surface area contributed by atoms with Gasteiger partial charge in [-0.3, -0.25) is 24.2 Å². The Balaban J connectivity index is 1.86. The number of anilines is 1. The lowest BCUT2D eigenvalue weighted by Gasteiger charge is -2.40. The number of fused-ring (bicyclic) bond motifs is 1. The van der Waals surface area contributed by atoms with Crippen LogP contribution in [-0.2, 0) is 20.8 Å². The molecule has 1 aliphatic carbocycles. The van der Waals surface area contributed by atoms with Crippen LogP contribution in [0.2, 0.25) is 0 Å². The SMILES string of the molecule is CSc1ncc2c(n1)N(C1CCCC1)C(=O)C1(CC(=O)N(C)C1=O)C2. The molecule has 1 saturated carbocycles. The highest BCUT2D eigenvalue weighted by Crippen LogP contribution is 2.46. The third-order valence-corrected chi connectivity index (χ3v) is 6.14. The van der Waals surface area contributed by atoms with Gasteiger partial charge in [0.2, 0.25) is 17.7 Å². The van der Waals surface area contributed by atoms with Crippen molar-refractivity contribution in [3.8, 4) is 0 Å². The molecule has 0 bridgehead atoms. The maximum absolute atomic E-state index is 13.5. The van der Waals surface area contributed by atoms with Gasteiger partial charge in [-0.15, -0.1) is 0 Å². The number of carbonyl (C=O) groups excluding carboxylic acids is 3. The van der Waals surface area contributed by atoms with Crippen molar-refractivity contribution in [3.63, 3.8) is 0 Å². The van der Waals surface area contributed by atoms with E-state index < -0.39 is 11.3 Å². The molecule has 3 amide bonds. The molecule has 1 aromatic rings. The maximum atomic E-state index is 13.5. The molecule has 3 aliphatic rings. The molecular formula is C17H20N4O3S. The van der Waals surface area contributed by atoms with Crippen LogP contribution in [0.5, 0.6) is 0 Å². The van der Waals surface area contributed by atoms with Crippen LogP contribution in [0.1, 0.15) is 37.7 Å². The molecule has 8 heteroatoms. The average molecular weight is 360 g/mol. The van der Waals surface area contributed by atoms with Crippen molar-refractivity contribution in [1.82, 2.24) is 14.9 Å². The minimum absolute atomic E-state index is 0.0434. The normalized spacial score (nSPS) is 26.9. The van der Waals surface area contributed by atoms with E-state index in [0.29, 0.717) is 11.0 Å². The molecule has 4 rings (SSSR count). The zero-order chi connectivity index (χ0) is 17.8. The van der Waals surface area contributed by atoms with Gasteiger partial charge in [0.15, 0.2) is 5.16 Å².